The zero-order chi connectivity index (χ0) is 19.3. The molecule has 0 spiro atoms. The van der Waals surface area contributed by atoms with Gasteiger partial charge in [-0.25, -0.2) is 14.4 Å². The average Bonchev–Trinajstić information content (AvgIpc) is 3.31. The summed E-state index contributed by atoms with van der Waals surface area (Å²) in [5.41, 5.74) is 1.09. The zero-order valence-corrected chi connectivity index (χ0v) is 19.2. The normalized spacial score (nSPS) is 15.2. The van der Waals surface area contributed by atoms with Crippen LogP contribution in [-0.2, 0) is 18.5 Å². The van der Waals surface area contributed by atoms with E-state index >= 15 is 0 Å². The molecule has 154 valence electrons. The molecule has 0 radical (unpaired) electrons. The molecule has 1 aromatic carbocycles. The van der Waals surface area contributed by atoms with Crippen molar-refractivity contribution in [2.45, 2.75) is 52.1 Å². The van der Waals surface area contributed by atoms with Crippen LogP contribution in [0.3, 0.4) is 0 Å². The maximum absolute atomic E-state index is 13.6. The minimum Gasteiger partial charge on any atom is -0.357 e. The number of halogens is 2. The van der Waals surface area contributed by atoms with Crippen LogP contribution < -0.4 is 10.6 Å². The second kappa shape index (κ2) is 10.2. The summed E-state index contributed by atoms with van der Waals surface area (Å²) in [5, 5.41) is 6.74. The first-order chi connectivity index (χ1) is 13.0. The molecular formula is C21H31FIN5. The van der Waals surface area contributed by atoms with Gasteiger partial charge in [0, 0.05) is 37.4 Å². The molecule has 28 heavy (non-hydrogen) atoms. The van der Waals surface area contributed by atoms with Crippen molar-refractivity contribution >= 4 is 29.9 Å². The fourth-order valence-corrected chi connectivity index (χ4v) is 3.33. The molecule has 2 aromatic rings. The fourth-order valence-electron chi connectivity index (χ4n) is 3.33. The number of hydrogen-bond acceptors (Lipinski definition) is 2. The van der Waals surface area contributed by atoms with Gasteiger partial charge in [0.15, 0.2) is 5.96 Å². The van der Waals surface area contributed by atoms with E-state index in [9.17, 15) is 4.39 Å². The van der Waals surface area contributed by atoms with Gasteiger partial charge in [0.05, 0.1) is 0 Å². The van der Waals surface area contributed by atoms with E-state index in [2.05, 4.69) is 41.0 Å². The van der Waals surface area contributed by atoms with Crippen molar-refractivity contribution in [2.75, 3.05) is 13.1 Å². The fraction of sp³-hybridized carbons (Fsp3) is 0.524. The Kier molecular flexibility index (Phi) is 8.27. The van der Waals surface area contributed by atoms with Gasteiger partial charge >= 0.3 is 0 Å². The van der Waals surface area contributed by atoms with Crippen molar-refractivity contribution in [2.24, 2.45) is 10.9 Å². The van der Waals surface area contributed by atoms with Crippen molar-refractivity contribution in [1.29, 1.82) is 0 Å². The average molecular weight is 499 g/mol. The van der Waals surface area contributed by atoms with Crippen molar-refractivity contribution in [3.05, 3.63) is 53.9 Å². The van der Waals surface area contributed by atoms with E-state index in [1.807, 2.05) is 18.5 Å². The van der Waals surface area contributed by atoms with Gasteiger partial charge in [-0.1, -0.05) is 26.0 Å². The minimum atomic E-state index is -0.170. The van der Waals surface area contributed by atoms with Crippen LogP contribution in [0.25, 0.3) is 0 Å². The Morgan fingerprint density at radius 2 is 2.11 bits per heavy atom. The molecule has 0 saturated heterocycles. The van der Waals surface area contributed by atoms with E-state index < -0.39 is 0 Å². The molecule has 1 fully saturated rings. The number of aliphatic imine (C=N–C) groups is 1. The summed E-state index contributed by atoms with van der Waals surface area (Å²) in [6.07, 6.45) is 5.98. The molecule has 1 heterocycles. The molecule has 0 aliphatic heterocycles. The largest absolute Gasteiger partial charge is 0.357 e. The number of hydrogen-bond donors (Lipinski definition) is 2. The smallest absolute Gasteiger partial charge is 0.191 e. The van der Waals surface area contributed by atoms with Gasteiger partial charge in [0.1, 0.15) is 18.2 Å². The van der Waals surface area contributed by atoms with Crippen LogP contribution in [0, 0.1) is 11.7 Å². The molecule has 1 aliphatic rings. The summed E-state index contributed by atoms with van der Waals surface area (Å²) < 4.78 is 15.7. The van der Waals surface area contributed by atoms with Gasteiger partial charge in [-0.15, -0.1) is 24.0 Å². The first-order valence-electron chi connectivity index (χ1n) is 9.80. The van der Waals surface area contributed by atoms with Crippen molar-refractivity contribution in [3.63, 3.8) is 0 Å². The quantitative estimate of drug-likeness (QED) is 0.327. The van der Waals surface area contributed by atoms with E-state index in [1.54, 1.807) is 12.1 Å². The highest BCUT2D eigenvalue weighted by Crippen LogP contribution is 2.47. The lowest BCUT2D eigenvalue weighted by molar-refractivity contribution is 0.507. The van der Waals surface area contributed by atoms with Gasteiger partial charge < -0.3 is 15.2 Å². The first-order valence-corrected chi connectivity index (χ1v) is 9.80. The lowest BCUT2D eigenvalue weighted by Crippen LogP contribution is -2.41. The van der Waals surface area contributed by atoms with Crippen molar-refractivity contribution in [1.82, 2.24) is 20.2 Å². The summed E-state index contributed by atoms with van der Waals surface area (Å²) in [6.45, 7) is 9.46. The van der Waals surface area contributed by atoms with E-state index in [1.165, 1.54) is 6.07 Å². The van der Waals surface area contributed by atoms with Crippen LogP contribution in [0.4, 0.5) is 4.39 Å². The molecule has 0 atom stereocenters. The SMILES string of the molecule is CCNC(=NCc1nccn1CC(C)C)NCC1(c2cccc(F)c2)CC1.I. The predicted octanol–water partition coefficient (Wildman–Crippen LogP) is 4.08. The van der Waals surface area contributed by atoms with Gasteiger partial charge in [0.2, 0.25) is 0 Å². The Bertz CT molecular complexity index is 783. The molecular weight excluding hydrogens is 468 g/mol. The number of nitrogens with one attached hydrogen (secondary N) is 2. The number of nitrogens with zero attached hydrogens (tertiary/aromatic N) is 3. The lowest BCUT2D eigenvalue weighted by Gasteiger charge is -2.19. The van der Waals surface area contributed by atoms with Crippen molar-refractivity contribution < 1.29 is 4.39 Å². The second-order valence-electron chi connectivity index (χ2n) is 7.73. The maximum Gasteiger partial charge on any atom is 0.191 e. The molecule has 5 nitrogen and oxygen atoms in total. The molecule has 0 unspecified atom stereocenters. The topological polar surface area (TPSA) is 54.2 Å². The monoisotopic (exact) mass is 499 g/mol. The van der Waals surface area contributed by atoms with Gasteiger partial charge in [-0.2, -0.15) is 0 Å². The van der Waals surface area contributed by atoms with E-state index in [4.69, 9.17) is 4.99 Å². The minimum absolute atomic E-state index is 0. The first kappa shape index (κ1) is 22.6. The molecule has 1 aliphatic carbocycles. The third-order valence-corrected chi connectivity index (χ3v) is 4.97. The summed E-state index contributed by atoms with van der Waals surface area (Å²) in [7, 11) is 0. The number of guanidine groups is 1. The molecule has 0 amide bonds. The van der Waals surface area contributed by atoms with Gasteiger partial charge in [0.25, 0.3) is 0 Å². The molecule has 2 N–H and O–H groups in total. The molecule has 7 heteroatoms. The van der Waals surface area contributed by atoms with Crippen LogP contribution in [-0.4, -0.2) is 28.6 Å². The van der Waals surface area contributed by atoms with Gasteiger partial charge in [-0.05, 0) is 43.4 Å². The van der Waals surface area contributed by atoms with Crippen LogP contribution >= 0.6 is 24.0 Å². The van der Waals surface area contributed by atoms with Crippen LogP contribution in [0.2, 0.25) is 0 Å². The Morgan fingerprint density at radius 1 is 1.32 bits per heavy atom. The van der Waals surface area contributed by atoms with E-state index in [0.717, 1.165) is 49.8 Å². The predicted molar refractivity (Wildman–Crippen MR) is 123 cm³/mol. The summed E-state index contributed by atoms with van der Waals surface area (Å²) in [5.74, 6) is 2.14. The number of imidazole rings is 1. The highest BCUT2D eigenvalue weighted by molar-refractivity contribution is 14.0. The highest BCUT2D eigenvalue weighted by atomic mass is 127. The van der Waals surface area contributed by atoms with Crippen LogP contribution in [0.15, 0.2) is 41.7 Å². The summed E-state index contributed by atoms with van der Waals surface area (Å²) in [6, 6.07) is 6.96. The Labute approximate surface area is 184 Å². The molecule has 3 rings (SSSR count). The van der Waals surface area contributed by atoms with Crippen molar-refractivity contribution in [3.8, 4) is 0 Å². The number of rotatable bonds is 8. The Balaban J connectivity index is 0.00000280. The highest BCUT2D eigenvalue weighted by Gasteiger charge is 2.44. The maximum atomic E-state index is 13.6. The second-order valence-corrected chi connectivity index (χ2v) is 7.73. The van der Waals surface area contributed by atoms with Gasteiger partial charge in [-0.3, -0.25) is 0 Å². The van der Waals surface area contributed by atoms with Crippen LogP contribution in [0.5, 0.6) is 0 Å². The van der Waals surface area contributed by atoms with Crippen LogP contribution in [0.1, 0.15) is 45.0 Å². The molecule has 1 saturated carbocycles. The number of benzene rings is 1. The van der Waals surface area contributed by atoms with E-state index in [0.29, 0.717) is 12.5 Å². The third-order valence-electron chi connectivity index (χ3n) is 4.97. The summed E-state index contributed by atoms with van der Waals surface area (Å²) in [4.78, 5) is 9.14. The standard InChI is InChI=1S/C21H30FN5.HI/c1-4-23-20(25-13-19-24-10-11-27(19)14-16(2)3)26-15-21(8-9-21)17-6-5-7-18(22)12-17;/h5-7,10-12,16H,4,8-9,13-15H2,1-3H3,(H2,23,25,26);1H. The lowest BCUT2D eigenvalue weighted by atomic mass is 9.96. The Morgan fingerprint density at radius 3 is 2.75 bits per heavy atom. The third kappa shape index (κ3) is 5.93. The Hall–Kier alpha value is -1.64. The molecule has 1 aromatic heterocycles. The zero-order valence-electron chi connectivity index (χ0n) is 16.9. The molecule has 0 bridgehead atoms. The van der Waals surface area contributed by atoms with E-state index in [-0.39, 0.29) is 35.2 Å². The summed E-state index contributed by atoms with van der Waals surface area (Å²) >= 11 is 0. The number of aromatic nitrogens is 2.